The van der Waals surface area contributed by atoms with E-state index in [1.54, 1.807) is 109 Å². The number of nitriles is 1. The van der Waals surface area contributed by atoms with Gasteiger partial charge in [0, 0.05) is 68.2 Å². The quantitative estimate of drug-likeness (QED) is 0.0125. The van der Waals surface area contributed by atoms with Crippen LogP contribution in [0.15, 0.2) is 142 Å². The number of amides is 6. The largest absolute Gasteiger partial charge is 0.489 e. The van der Waals surface area contributed by atoms with Crippen molar-refractivity contribution >= 4 is 76.1 Å². The van der Waals surface area contributed by atoms with Gasteiger partial charge in [-0.15, -0.1) is 0 Å². The summed E-state index contributed by atoms with van der Waals surface area (Å²) in [5.74, 6) is 2.32. The van der Waals surface area contributed by atoms with E-state index in [1.165, 1.54) is 39.3 Å². The zero-order chi connectivity index (χ0) is 68.2. The molecule has 0 aliphatic carbocycles. The fourth-order valence-electron chi connectivity index (χ4n) is 8.29. The van der Waals surface area contributed by atoms with E-state index in [0.29, 0.717) is 77.9 Å². The average molecular weight is 1340 g/mol. The molecule has 0 saturated heterocycles. The van der Waals surface area contributed by atoms with Crippen molar-refractivity contribution in [2.45, 2.75) is 105 Å². The van der Waals surface area contributed by atoms with Gasteiger partial charge in [0.1, 0.15) is 35.4 Å². The summed E-state index contributed by atoms with van der Waals surface area (Å²) < 4.78 is 21.2. The Hall–Kier alpha value is -9.97. The normalized spacial score (nSPS) is 11.5. The number of nitrogens with two attached hydrogens (primary N) is 2. The molecule has 0 aliphatic rings. The number of benzene rings is 6. The fourth-order valence-corrected chi connectivity index (χ4v) is 8.97. The third-order valence-corrected chi connectivity index (χ3v) is 13.6. The van der Waals surface area contributed by atoms with E-state index in [4.69, 9.17) is 70.4 Å². The number of aromatic nitrogens is 2. The van der Waals surface area contributed by atoms with Gasteiger partial charge in [-0.05, 0) is 125 Å². The van der Waals surface area contributed by atoms with Crippen LogP contribution in [0.25, 0.3) is 11.4 Å². The van der Waals surface area contributed by atoms with Crippen LogP contribution in [0.3, 0.4) is 0 Å². The van der Waals surface area contributed by atoms with Crippen LogP contribution in [0.2, 0.25) is 15.1 Å². The highest BCUT2D eigenvalue weighted by Crippen LogP contribution is 2.29. The van der Waals surface area contributed by atoms with E-state index in [1.807, 2.05) is 47.6 Å². The van der Waals surface area contributed by atoms with Crippen LogP contribution < -0.4 is 63.5 Å². The number of halogens is 3. The Balaban J connectivity index is 0.000000358. The number of nitrogens with zero attached hydrogens (tertiary/aromatic N) is 3. The summed E-state index contributed by atoms with van der Waals surface area (Å²) in [4.78, 5) is 88.5. The SMILES string of the molecule is C.CNC(=O)[C@H](Cc1ccc(-c2noc(=O)[nH]2)cc1)NC(=O)c1ccc(OC(C)C)c(Cl)c1.CNC(=O)[C@H](Cc1ccc(/C(N)=N/O)cc1)NC(=O)c1ccc(OC(C)C)c(Cl)c1.CNC(=O)[C@H](Cc1ccc(C#N)cc1)NC(=O)c1ccc(OC(C)C)c(Cl)c1.NO. The minimum atomic E-state index is -0.810. The lowest BCUT2D eigenvalue weighted by molar-refractivity contribution is -0.123. The second-order valence-corrected chi connectivity index (χ2v) is 21.8. The predicted molar refractivity (Wildman–Crippen MR) is 354 cm³/mol. The van der Waals surface area contributed by atoms with E-state index in [9.17, 15) is 33.6 Å². The third kappa shape index (κ3) is 24.6. The molecule has 0 saturated carbocycles. The summed E-state index contributed by atoms with van der Waals surface area (Å²) in [7, 11) is 4.51. The second kappa shape index (κ2) is 38.7. The molecule has 0 unspecified atom stereocenters. The predicted octanol–water partition coefficient (Wildman–Crippen LogP) is 7.92. The fraction of sp³-hybridized carbons (Fsp3) is 0.292. The van der Waals surface area contributed by atoms with Crippen molar-refractivity contribution < 1.29 is 57.9 Å². The summed E-state index contributed by atoms with van der Waals surface area (Å²) in [5.41, 5.74) is 10.6. The van der Waals surface area contributed by atoms with Gasteiger partial charge >= 0.3 is 5.76 Å². The van der Waals surface area contributed by atoms with E-state index >= 15 is 0 Å². The maximum Gasteiger partial charge on any atom is 0.439 e. The highest BCUT2D eigenvalue weighted by atomic mass is 35.5. The van der Waals surface area contributed by atoms with Crippen molar-refractivity contribution in [1.29, 1.82) is 5.26 Å². The van der Waals surface area contributed by atoms with Crippen LogP contribution in [0.4, 0.5) is 0 Å². The van der Waals surface area contributed by atoms with Crippen LogP contribution in [0.1, 0.15) is 108 Å². The topological polar surface area (TPSA) is 390 Å². The van der Waals surface area contributed by atoms with Crippen LogP contribution in [0.5, 0.6) is 17.2 Å². The van der Waals surface area contributed by atoms with E-state index in [2.05, 4.69) is 57.6 Å². The molecule has 1 heterocycles. The van der Waals surface area contributed by atoms with Gasteiger partial charge in [-0.25, -0.2) is 10.7 Å². The number of amidine groups is 1. The van der Waals surface area contributed by atoms with Crippen molar-refractivity contribution in [1.82, 2.24) is 42.0 Å². The molecule has 25 nitrogen and oxygen atoms in total. The maximum absolute atomic E-state index is 12.7. The van der Waals surface area contributed by atoms with Crippen molar-refractivity contribution in [2.24, 2.45) is 16.8 Å². The Bertz CT molecular complexity index is 3740. The first-order chi connectivity index (χ1) is 43.8. The monoisotopic (exact) mass is 1340 g/mol. The van der Waals surface area contributed by atoms with E-state index in [-0.39, 0.29) is 62.1 Å². The number of rotatable bonds is 23. The molecule has 0 radical (unpaired) electrons. The molecule has 7 rings (SSSR count). The molecule has 28 heteroatoms. The molecule has 6 aromatic carbocycles. The van der Waals surface area contributed by atoms with Gasteiger partial charge in [0.2, 0.25) is 17.7 Å². The van der Waals surface area contributed by atoms with Gasteiger partial charge in [0.25, 0.3) is 17.7 Å². The van der Waals surface area contributed by atoms with Gasteiger partial charge in [0.15, 0.2) is 11.7 Å². The zero-order valence-corrected chi connectivity index (χ0v) is 54.0. The number of aromatic amines is 1. The summed E-state index contributed by atoms with van der Waals surface area (Å²) in [6.07, 6.45) is 0.653. The van der Waals surface area contributed by atoms with Crippen molar-refractivity contribution in [3.63, 3.8) is 0 Å². The summed E-state index contributed by atoms with van der Waals surface area (Å²) >= 11 is 18.6. The number of ether oxygens (including phenoxy) is 3. The summed E-state index contributed by atoms with van der Waals surface area (Å²) in [6.45, 7) is 11.3. The van der Waals surface area contributed by atoms with Crippen LogP contribution in [-0.4, -0.2) is 119 Å². The highest BCUT2D eigenvalue weighted by molar-refractivity contribution is 6.33. The maximum atomic E-state index is 12.7. The molecule has 0 spiro atoms. The molecule has 0 aliphatic heterocycles. The van der Waals surface area contributed by atoms with Gasteiger partial charge in [-0.1, -0.05) is 113 Å². The van der Waals surface area contributed by atoms with Crippen molar-refractivity contribution in [3.8, 4) is 34.7 Å². The molecule has 13 N–H and O–H groups in total. The van der Waals surface area contributed by atoms with E-state index < -0.39 is 41.6 Å². The Morgan fingerprint density at radius 2 is 0.871 bits per heavy atom. The lowest BCUT2D eigenvalue weighted by Gasteiger charge is -2.18. The molecule has 1 aromatic heterocycles. The molecule has 496 valence electrons. The molecule has 3 atom stereocenters. The molecule has 0 fully saturated rings. The molecular formula is C65H77Cl3N12O13. The standard InChI is InChI=1S/C22H23ClN4O5.C21H25ClN4O4.C21H22ClN3O3.CH4.H3NO/c1-12(2)31-18-9-8-15(11-16(18)23)20(28)25-17(21(29)24-3)10-13-4-6-14(7-5-13)19-26-22(30)32-27-19;1-12(2)30-18-9-8-15(11-16(18)22)20(27)25-17(21(28)24-3)10-13-4-6-14(7-5-13)19(23)26-29;1-13(2)28-19-9-8-16(11-17(19)22)20(26)25-18(21(27)24-3)10-14-4-6-15(12-23)7-5-14;;1-2/h4-9,11-12,17H,10H2,1-3H3,(H,24,29)(H,25,28)(H,26,27,30);4-9,11-12,17,29H,10H2,1-3H3,(H2,23,26)(H,24,28)(H,25,27);4-9,11,13,18H,10H2,1-3H3,(H,24,27)(H,25,26);1H4;2H,1H2/t2*17-;18-;;/m000../s1. The Labute approximate surface area is 553 Å². The van der Waals surface area contributed by atoms with Gasteiger partial charge < -0.3 is 62.3 Å². The number of hydrogen-bond acceptors (Lipinski definition) is 17. The van der Waals surface area contributed by atoms with Gasteiger partial charge in [-0.2, -0.15) is 5.26 Å². The molecule has 0 bridgehead atoms. The highest BCUT2D eigenvalue weighted by Gasteiger charge is 2.25. The number of H-pyrrole nitrogens is 1. The number of carbonyl (C=O) groups excluding carboxylic acids is 6. The Kier molecular flexibility index (Phi) is 32.1. The Morgan fingerprint density at radius 3 is 1.14 bits per heavy atom. The first kappa shape index (κ1) is 77.3. The van der Waals surface area contributed by atoms with Crippen LogP contribution in [-0.2, 0) is 33.6 Å². The van der Waals surface area contributed by atoms with E-state index in [0.717, 1.165) is 16.7 Å². The van der Waals surface area contributed by atoms with Crippen molar-refractivity contribution in [2.75, 3.05) is 21.1 Å². The Morgan fingerprint density at radius 1 is 0.559 bits per heavy atom. The summed E-state index contributed by atoms with van der Waals surface area (Å²) in [6, 6.07) is 34.5. The molecule has 7 aromatic rings. The third-order valence-electron chi connectivity index (χ3n) is 12.7. The van der Waals surface area contributed by atoms with Gasteiger partial charge in [0.05, 0.1) is 45.0 Å². The minimum Gasteiger partial charge on any atom is -0.489 e. The lowest BCUT2D eigenvalue weighted by atomic mass is 10.0. The first-order valence-electron chi connectivity index (χ1n) is 28.3. The number of hydrogen-bond donors (Lipinski definition) is 11. The average Bonchev–Trinajstić information content (AvgIpc) is 1.75. The molecule has 93 heavy (non-hydrogen) atoms. The lowest BCUT2D eigenvalue weighted by Crippen LogP contribution is -2.47. The number of carbonyl (C=O) groups is 6. The smallest absolute Gasteiger partial charge is 0.439 e. The first-order valence-corrected chi connectivity index (χ1v) is 29.4. The van der Waals surface area contributed by atoms with Gasteiger partial charge in [-0.3, -0.25) is 38.3 Å². The van der Waals surface area contributed by atoms with Crippen LogP contribution in [0, 0.1) is 11.3 Å². The summed E-state index contributed by atoms with van der Waals surface area (Å²) in [5, 5.41) is 47.5. The minimum absolute atomic E-state index is 0. The number of oxime groups is 1. The zero-order valence-electron chi connectivity index (χ0n) is 51.7. The number of nitrogens with one attached hydrogen (secondary N) is 7. The van der Waals surface area contributed by atoms with Crippen molar-refractivity contribution in [3.05, 3.63) is 198 Å². The van der Waals surface area contributed by atoms with Crippen LogP contribution >= 0.6 is 34.8 Å². The molecule has 6 amide bonds. The molecular weight excluding hydrogens is 1260 g/mol. The second-order valence-electron chi connectivity index (χ2n) is 20.6. The number of likely N-dealkylation sites (N-methyl/N-ethyl adjacent to an activating group) is 3.